The molecule has 6 aromatic carbocycles. The normalized spacial score (nSPS) is 13.1. The van der Waals surface area contributed by atoms with Crippen LogP contribution in [0.5, 0.6) is 0 Å². The van der Waals surface area contributed by atoms with Gasteiger partial charge in [-0.3, -0.25) is 0 Å². The Balaban J connectivity index is 1.53. The highest BCUT2D eigenvalue weighted by atomic mass is 35.5. The van der Waals surface area contributed by atoms with Crippen LogP contribution in [0.1, 0.15) is 22.3 Å². The molecule has 0 bridgehead atoms. The minimum Gasteiger partial charge on any atom is -0.0843 e. The van der Waals surface area contributed by atoms with Crippen LogP contribution in [-0.2, 0) is 5.41 Å². The minimum atomic E-state index is -0.421. The van der Waals surface area contributed by atoms with E-state index < -0.39 is 5.41 Å². The molecule has 0 heterocycles. The van der Waals surface area contributed by atoms with Crippen molar-refractivity contribution in [3.05, 3.63) is 179 Å². The second-order valence-electron chi connectivity index (χ2n) is 9.84. The van der Waals surface area contributed by atoms with E-state index in [0.717, 1.165) is 16.1 Å². The van der Waals surface area contributed by atoms with Gasteiger partial charge in [0.1, 0.15) is 0 Å². The molecule has 6 aromatic rings. The molecule has 0 aliphatic heterocycles. The van der Waals surface area contributed by atoms with Gasteiger partial charge in [-0.2, -0.15) is 0 Å². The lowest BCUT2D eigenvalue weighted by molar-refractivity contribution is 0.769. The van der Waals surface area contributed by atoms with Gasteiger partial charge in [0, 0.05) is 5.02 Å². The van der Waals surface area contributed by atoms with Gasteiger partial charge >= 0.3 is 0 Å². The predicted molar refractivity (Wildman–Crippen MR) is 160 cm³/mol. The van der Waals surface area contributed by atoms with E-state index >= 15 is 0 Å². The third-order valence-corrected chi connectivity index (χ3v) is 8.07. The highest BCUT2D eigenvalue weighted by Crippen LogP contribution is 2.56. The van der Waals surface area contributed by atoms with Crippen molar-refractivity contribution in [3.8, 4) is 33.4 Å². The van der Waals surface area contributed by atoms with Gasteiger partial charge in [-0.25, -0.2) is 0 Å². The van der Waals surface area contributed by atoms with Gasteiger partial charge in [0.2, 0.25) is 0 Å². The van der Waals surface area contributed by atoms with Crippen LogP contribution in [0.3, 0.4) is 0 Å². The maximum absolute atomic E-state index is 6.58. The topological polar surface area (TPSA) is 0 Å². The summed E-state index contributed by atoms with van der Waals surface area (Å²) >= 11 is 6.58. The van der Waals surface area contributed by atoms with Crippen LogP contribution >= 0.6 is 11.6 Å². The largest absolute Gasteiger partial charge is 0.0843 e. The van der Waals surface area contributed by atoms with E-state index in [1.165, 1.54) is 44.5 Å². The van der Waals surface area contributed by atoms with Gasteiger partial charge in [-0.05, 0) is 73.8 Å². The first-order valence-corrected chi connectivity index (χ1v) is 13.4. The molecular weight excluding hydrogens is 480 g/mol. The summed E-state index contributed by atoms with van der Waals surface area (Å²) in [7, 11) is 0. The molecule has 0 radical (unpaired) electrons. The third kappa shape index (κ3) is 3.45. The van der Waals surface area contributed by atoms with Crippen molar-refractivity contribution < 1.29 is 0 Å². The molecule has 1 aliphatic rings. The monoisotopic (exact) mass is 504 g/mol. The van der Waals surface area contributed by atoms with E-state index in [0.29, 0.717) is 0 Å². The van der Waals surface area contributed by atoms with Gasteiger partial charge in [0.15, 0.2) is 0 Å². The van der Waals surface area contributed by atoms with E-state index in [4.69, 9.17) is 11.6 Å². The van der Waals surface area contributed by atoms with Crippen LogP contribution < -0.4 is 0 Å². The molecule has 0 unspecified atom stereocenters. The van der Waals surface area contributed by atoms with Crippen molar-refractivity contribution >= 4 is 11.6 Å². The van der Waals surface area contributed by atoms with Crippen molar-refractivity contribution in [3.63, 3.8) is 0 Å². The number of halogens is 1. The zero-order valence-corrected chi connectivity index (χ0v) is 21.6. The van der Waals surface area contributed by atoms with Crippen LogP contribution in [0.2, 0.25) is 5.02 Å². The third-order valence-electron chi connectivity index (χ3n) is 7.83. The summed E-state index contributed by atoms with van der Waals surface area (Å²) in [4.78, 5) is 0. The Kier molecular flexibility index (Phi) is 5.50. The van der Waals surface area contributed by atoms with E-state index in [1.54, 1.807) is 0 Å². The number of benzene rings is 6. The average Bonchev–Trinajstić information content (AvgIpc) is 3.29. The molecule has 0 N–H and O–H groups in total. The van der Waals surface area contributed by atoms with Crippen LogP contribution in [0.4, 0.5) is 0 Å². The highest BCUT2D eigenvalue weighted by Gasteiger charge is 2.45. The van der Waals surface area contributed by atoms with E-state index in [-0.39, 0.29) is 0 Å². The Morgan fingerprint density at radius 2 is 0.921 bits per heavy atom. The molecule has 0 spiro atoms. The minimum absolute atomic E-state index is 0.421. The van der Waals surface area contributed by atoms with Crippen molar-refractivity contribution in [2.24, 2.45) is 0 Å². The lowest BCUT2D eigenvalue weighted by Crippen LogP contribution is -2.28. The molecule has 1 heteroatoms. The number of hydrogen-bond acceptors (Lipinski definition) is 0. The molecule has 0 fully saturated rings. The number of rotatable bonds is 4. The lowest BCUT2D eigenvalue weighted by Gasteiger charge is -2.34. The zero-order chi connectivity index (χ0) is 25.5. The van der Waals surface area contributed by atoms with Crippen molar-refractivity contribution in [1.82, 2.24) is 0 Å². The average molecular weight is 505 g/mol. The van der Waals surface area contributed by atoms with Gasteiger partial charge in [0.25, 0.3) is 0 Å². The molecule has 1 aliphatic carbocycles. The Morgan fingerprint density at radius 3 is 1.61 bits per heavy atom. The smallest absolute Gasteiger partial charge is 0.0713 e. The molecule has 0 amide bonds. The quantitative estimate of drug-likeness (QED) is 0.223. The van der Waals surface area contributed by atoms with Crippen LogP contribution in [0.15, 0.2) is 152 Å². The van der Waals surface area contributed by atoms with Crippen LogP contribution in [0.25, 0.3) is 33.4 Å². The second kappa shape index (κ2) is 9.17. The van der Waals surface area contributed by atoms with Crippen molar-refractivity contribution in [2.45, 2.75) is 5.41 Å². The SMILES string of the molecule is Clc1ccc(-c2ccccc2)c(-c2cccc(C3(c4ccccc4)c4ccccc4-c4ccccc43)c2)c1. The van der Waals surface area contributed by atoms with Crippen LogP contribution in [-0.4, -0.2) is 0 Å². The maximum Gasteiger partial charge on any atom is 0.0713 e. The number of hydrogen-bond donors (Lipinski definition) is 0. The van der Waals surface area contributed by atoms with Crippen molar-refractivity contribution in [2.75, 3.05) is 0 Å². The first-order chi connectivity index (χ1) is 18.8. The van der Waals surface area contributed by atoms with Gasteiger partial charge in [-0.1, -0.05) is 145 Å². The van der Waals surface area contributed by atoms with Crippen LogP contribution in [0, 0.1) is 0 Å². The molecular formula is C37H25Cl. The molecule has 0 atom stereocenters. The summed E-state index contributed by atoms with van der Waals surface area (Å²) in [5.41, 5.74) is 12.0. The summed E-state index contributed by atoms with van der Waals surface area (Å²) in [6.07, 6.45) is 0. The highest BCUT2D eigenvalue weighted by molar-refractivity contribution is 6.31. The lowest BCUT2D eigenvalue weighted by atomic mass is 9.67. The Hall–Kier alpha value is -4.39. The van der Waals surface area contributed by atoms with E-state index in [1.807, 2.05) is 6.07 Å². The summed E-state index contributed by atoms with van der Waals surface area (Å²) in [6.45, 7) is 0. The number of fused-ring (bicyclic) bond motifs is 3. The van der Waals surface area contributed by atoms with E-state index in [2.05, 4.69) is 146 Å². The predicted octanol–water partition coefficient (Wildman–Crippen LogP) is 10.0. The Labute approximate surface area is 228 Å². The Morgan fingerprint density at radius 1 is 0.368 bits per heavy atom. The standard InChI is InChI=1S/C37H25Cl/c38-30-22-23-31(26-12-3-1-4-13-26)34(25-30)27-14-11-17-29(24-27)37(28-15-5-2-6-16-28)35-20-9-7-18-32(35)33-19-8-10-21-36(33)37/h1-25H. The molecule has 0 saturated carbocycles. The van der Waals surface area contributed by atoms with Gasteiger partial charge < -0.3 is 0 Å². The van der Waals surface area contributed by atoms with Crippen molar-refractivity contribution in [1.29, 1.82) is 0 Å². The molecule has 180 valence electrons. The Bertz CT molecular complexity index is 1720. The molecule has 0 aromatic heterocycles. The van der Waals surface area contributed by atoms with E-state index in [9.17, 15) is 0 Å². The molecule has 0 nitrogen and oxygen atoms in total. The summed E-state index contributed by atoms with van der Waals surface area (Å²) in [5.74, 6) is 0. The molecule has 7 rings (SSSR count). The molecule has 38 heavy (non-hydrogen) atoms. The zero-order valence-electron chi connectivity index (χ0n) is 20.8. The first-order valence-electron chi connectivity index (χ1n) is 13.0. The second-order valence-corrected chi connectivity index (χ2v) is 10.3. The van der Waals surface area contributed by atoms with Gasteiger partial charge in [0.05, 0.1) is 5.41 Å². The fourth-order valence-corrected chi connectivity index (χ4v) is 6.43. The molecule has 0 saturated heterocycles. The fourth-order valence-electron chi connectivity index (χ4n) is 6.26. The summed E-state index contributed by atoms with van der Waals surface area (Å²) < 4.78 is 0. The maximum atomic E-state index is 6.58. The summed E-state index contributed by atoms with van der Waals surface area (Å²) in [6, 6.07) is 54.4. The fraction of sp³-hybridized carbons (Fsp3) is 0.0270. The first kappa shape index (κ1) is 22.8. The summed E-state index contributed by atoms with van der Waals surface area (Å²) in [5, 5.41) is 0.736. The van der Waals surface area contributed by atoms with Gasteiger partial charge in [-0.15, -0.1) is 0 Å².